The first-order chi connectivity index (χ1) is 5.16. The Kier molecular flexibility index (Phi) is 6.03. The third kappa shape index (κ3) is 7.46. The van der Waals surface area contributed by atoms with Crippen LogP contribution in [0.5, 0.6) is 0 Å². The summed E-state index contributed by atoms with van der Waals surface area (Å²) >= 11 is 0. The highest BCUT2D eigenvalue weighted by Gasteiger charge is 1.98. The van der Waals surface area contributed by atoms with Gasteiger partial charge in [0.05, 0.1) is 6.04 Å². The van der Waals surface area contributed by atoms with Crippen molar-refractivity contribution in [3.05, 3.63) is 0 Å². The van der Waals surface area contributed by atoms with E-state index in [0.717, 1.165) is 19.3 Å². The van der Waals surface area contributed by atoms with Gasteiger partial charge in [0, 0.05) is 0 Å². The van der Waals surface area contributed by atoms with E-state index in [-0.39, 0.29) is 6.04 Å². The van der Waals surface area contributed by atoms with Crippen molar-refractivity contribution in [2.75, 3.05) is 0 Å². The topological polar surface area (TPSA) is 45.0 Å². The largest absolute Gasteiger partial charge is 0.370 e. The Hall–Kier alpha value is -0.440. The van der Waals surface area contributed by atoms with Crippen LogP contribution in [0.25, 0.3) is 0 Å². The smallest absolute Gasteiger partial charge is 0.165 e. The summed E-state index contributed by atoms with van der Waals surface area (Å²) in [5.41, 5.74) is 0. The van der Waals surface area contributed by atoms with Crippen molar-refractivity contribution in [1.29, 1.82) is 0 Å². The van der Waals surface area contributed by atoms with Gasteiger partial charge in [-0.05, 0) is 26.7 Å². The zero-order valence-corrected chi connectivity index (χ0v) is 7.62. The van der Waals surface area contributed by atoms with Crippen LogP contribution < -0.4 is 0 Å². The Morgan fingerprint density at radius 2 is 1.91 bits per heavy atom. The van der Waals surface area contributed by atoms with Crippen LogP contribution in [-0.4, -0.2) is 17.4 Å². The molecule has 66 valence electrons. The first-order valence-electron chi connectivity index (χ1n) is 4.24. The molecule has 0 aromatic rings. The second kappa shape index (κ2) is 6.28. The predicted molar refractivity (Wildman–Crippen MR) is 45.5 cm³/mol. The van der Waals surface area contributed by atoms with Crippen LogP contribution in [0.4, 0.5) is 0 Å². The molecule has 0 spiro atoms. The predicted octanol–water partition coefficient (Wildman–Crippen LogP) is 2.36. The van der Waals surface area contributed by atoms with E-state index in [1.165, 1.54) is 0 Å². The minimum absolute atomic E-state index is 0.186. The van der Waals surface area contributed by atoms with Gasteiger partial charge >= 0.3 is 0 Å². The number of hydrogen-bond acceptors (Lipinski definition) is 3. The van der Waals surface area contributed by atoms with E-state index >= 15 is 0 Å². The van der Waals surface area contributed by atoms with Gasteiger partial charge in [-0.1, -0.05) is 13.3 Å². The fourth-order valence-electron chi connectivity index (χ4n) is 0.655. The van der Waals surface area contributed by atoms with E-state index in [0.29, 0.717) is 0 Å². The number of aliphatic hydroxyl groups excluding tert-OH is 1. The molecule has 0 bridgehead atoms. The number of nitrogens with zero attached hydrogens (tertiary/aromatic N) is 2. The van der Waals surface area contributed by atoms with Gasteiger partial charge in [-0.25, -0.2) is 0 Å². The van der Waals surface area contributed by atoms with Crippen molar-refractivity contribution in [2.24, 2.45) is 10.2 Å². The standard InChI is InChI=1S/C8H18N2O/c1-4-5-6-8(11)10-9-7(2)3/h7-8,11H,4-6H2,1-3H3. The van der Waals surface area contributed by atoms with E-state index in [9.17, 15) is 0 Å². The zero-order chi connectivity index (χ0) is 8.69. The summed E-state index contributed by atoms with van der Waals surface area (Å²) in [5, 5.41) is 16.8. The molecule has 0 aliphatic heterocycles. The monoisotopic (exact) mass is 158 g/mol. The molecule has 0 amide bonds. The van der Waals surface area contributed by atoms with Crippen molar-refractivity contribution >= 4 is 0 Å². The van der Waals surface area contributed by atoms with Gasteiger partial charge in [-0.3, -0.25) is 0 Å². The van der Waals surface area contributed by atoms with E-state index in [4.69, 9.17) is 5.11 Å². The SMILES string of the molecule is CCCCC(O)N=NC(C)C. The summed E-state index contributed by atoms with van der Waals surface area (Å²) < 4.78 is 0. The first kappa shape index (κ1) is 10.6. The van der Waals surface area contributed by atoms with Crippen LogP contribution in [0.3, 0.4) is 0 Å². The van der Waals surface area contributed by atoms with Crippen LogP contribution in [0, 0.1) is 0 Å². The Balaban J connectivity index is 3.42. The van der Waals surface area contributed by atoms with E-state index in [1.54, 1.807) is 0 Å². The van der Waals surface area contributed by atoms with Crippen molar-refractivity contribution in [3.63, 3.8) is 0 Å². The molecule has 3 nitrogen and oxygen atoms in total. The molecule has 1 unspecified atom stereocenters. The molecule has 0 heterocycles. The maximum atomic E-state index is 9.17. The summed E-state index contributed by atoms with van der Waals surface area (Å²) in [7, 11) is 0. The van der Waals surface area contributed by atoms with Gasteiger partial charge in [0.25, 0.3) is 0 Å². The maximum absolute atomic E-state index is 9.17. The van der Waals surface area contributed by atoms with Crippen LogP contribution in [0.2, 0.25) is 0 Å². The molecule has 0 aliphatic carbocycles. The summed E-state index contributed by atoms with van der Waals surface area (Å²) in [4.78, 5) is 0. The van der Waals surface area contributed by atoms with Crippen LogP contribution in [0.1, 0.15) is 40.0 Å². The lowest BCUT2D eigenvalue weighted by Gasteiger charge is -2.02. The molecule has 1 N–H and O–H groups in total. The summed E-state index contributed by atoms with van der Waals surface area (Å²) in [6.07, 6.45) is 2.25. The van der Waals surface area contributed by atoms with E-state index in [2.05, 4.69) is 17.2 Å². The van der Waals surface area contributed by atoms with Gasteiger partial charge < -0.3 is 5.11 Å². The van der Waals surface area contributed by atoms with Crippen molar-refractivity contribution in [2.45, 2.75) is 52.3 Å². The number of azo groups is 1. The second-order valence-corrected chi connectivity index (χ2v) is 2.95. The molecule has 0 aromatic carbocycles. The van der Waals surface area contributed by atoms with Crippen molar-refractivity contribution in [1.82, 2.24) is 0 Å². The molecule has 11 heavy (non-hydrogen) atoms. The molecule has 0 radical (unpaired) electrons. The minimum Gasteiger partial charge on any atom is -0.370 e. The third-order valence-corrected chi connectivity index (χ3v) is 1.25. The average molecular weight is 158 g/mol. The van der Waals surface area contributed by atoms with Crippen molar-refractivity contribution < 1.29 is 5.11 Å². The highest BCUT2D eigenvalue weighted by Crippen LogP contribution is 2.02. The van der Waals surface area contributed by atoms with Gasteiger partial charge in [-0.2, -0.15) is 10.2 Å². The molecule has 1 atom stereocenters. The Labute approximate surface area is 68.5 Å². The summed E-state index contributed by atoms with van der Waals surface area (Å²) in [6, 6.07) is 0.186. The Morgan fingerprint density at radius 1 is 1.27 bits per heavy atom. The molecular formula is C8H18N2O. The maximum Gasteiger partial charge on any atom is 0.165 e. The van der Waals surface area contributed by atoms with Crippen LogP contribution >= 0.6 is 0 Å². The molecule has 0 rings (SSSR count). The fraction of sp³-hybridized carbons (Fsp3) is 1.00. The lowest BCUT2D eigenvalue weighted by atomic mass is 10.2. The lowest BCUT2D eigenvalue weighted by Crippen LogP contribution is -2.02. The van der Waals surface area contributed by atoms with E-state index in [1.807, 2.05) is 13.8 Å². The molecule has 0 aromatic heterocycles. The van der Waals surface area contributed by atoms with Crippen LogP contribution in [0.15, 0.2) is 10.2 Å². The van der Waals surface area contributed by atoms with Gasteiger partial charge in [-0.15, -0.1) is 0 Å². The minimum atomic E-state index is -0.586. The molecule has 0 fully saturated rings. The third-order valence-electron chi connectivity index (χ3n) is 1.25. The Morgan fingerprint density at radius 3 is 2.36 bits per heavy atom. The lowest BCUT2D eigenvalue weighted by molar-refractivity contribution is 0.161. The van der Waals surface area contributed by atoms with E-state index < -0.39 is 6.23 Å². The molecule has 0 saturated carbocycles. The number of rotatable bonds is 5. The normalized spacial score (nSPS) is 14.6. The summed E-state index contributed by atoms with van der Waals surface area (Å²) in [5.74, 6) is 0. The number of aliphatic hydroxyl groups is 1. The van der Waals surface area contributed by atoms with Gasteiger partial charge in [0.1, 0.15) is 0 Å². The zero-order valence-electron chi connectivity index (χ0n) is 7.62. The highest BCUT2D eigenvalue weighted by atomic mass is 16.3. The van der Waals surface area contributed by atoms with Crippen LogP contribution in [-0.2, 0) is 0 Å². The van der Waals surface area contributed by atoms with Gasteiger partial charge in [0.15, 0.2) is 6.23 Å². The second-order valence-electron chi connectivity index (χ2n) is 2.95. The number of hydrogen-bond donors (Lipinski definition) is 1. The quantitative estimate of drug-likeness (QED) is 0.613. The molecule has 0 saturated heterocycles. The number of unbranched alkanes of at least 4 members (excludes halogenated alkanes) is 1. The fourth-order valence-corrected chi connectivity index (χ4v) is 0.655. The molecular weight excluding hydrogens is 140 g/mol. The first-order valence-corrected chi connectivity index (χ1v) is 4.24. The van der Waals surface area contributed by atoms with Crippen molar-refractivity contribution in [3.8, 4) is 0 Å². The summed E-state index contributed by atoms with van der Waals surface area (Å²) in [6.45, 7) is 5.97. The average Bonchev–Trinajstić information content (AvgIpc) is 1.97. The molecule has 0 aliphatic rings. The Bertz CT molecular complexity index is 113. The highest BCUT2D eigenvalue weighted by molar-refractivity contribution is 4.51. The molecule has 3 heteroatoms. The van der Waals surface area contributed by atoms with Gasteiger partial charge in [0.2, 0.25) is 0 Å².